The van der Waals surface area contributed by atoms with E-state index in [1.54, 1.807) is 68.4 Å². The van der Waals surface area contributed by atoms with E-state index in [1.807, 2.05) is 0 Å². The summed E-state index contributed by atoms with van der Waals surface area (Å²) in [6.45, 7) is 3.03. The van der Waals surface area contributed by atoms with Gasteiger partial charge < -0.3 is 10.2 Å². The lowest BCUT2D eigenvalue weighted by molar-refractivity contribution is -0.580. The summed E-state index contributed by atoms with van der Waals surface area (Å²) in [5.41, 5.74) is 5.07. The predicted octanol–water partition coefficient (Wildman–Crippen LogP) is 7.28. The number of hydrogen-bond acceptors (Lipinski definition) is 3. The Morgan fingerprint density at radius 3 is 1.95 bits per heavy atom. The number of rotatable bonds is 8. The average Bonchev–Trinajstić information content (AvgIpc) is 2.87. The van der Waals surface area contributed by atoms with Gasteiger partial charge in [-0.2, -0.15) is 26.3 Å². The zero-order valence-corrected chi connectivity index (χ0v) is 21.5. The van der Waals surface area contributed by atoms with Crippen LogP contribution in [0.1, 0.15) is 36.1 Å². The fraction of sp³-hybridized carbons (Fsp3) is 0.222. The van der Waals surface area contributed by atoms with Gasteiger partial charge in [0.2, 0.25) is 5.70 Å². The highest BCUT2D eigenvalue weighted by Gasteiger charge is 2.37. The number of carbonyl (C=O) groups excluding carboxylic acids is 1. The predicted molar refractivity (Wildman–Crippen MR) is 135 cm³/mol. The zero-order valence-electron chi connectivity index (χ0n) is 20.7. The maximum Gasteiger partial charge on any atom is 0.416 e. The molecule has 0 spiro atoms. The smallest absolute Gasteiger partial charge is 0.307 e. The Bertz CT molecular complexity index is 1340. The monoisotopic (exact) mass is 569 g/mol. The molecule has 0 aliphatic heterocycles. The van der Waals surface area contributed by atoms with Gasteiger partial charge in [0.1, 0.15) is 6.54 Å². The van der Waals surface area contributed by atoms with Crippen molar-refractivity contribution in [3.8, 4) is 0 Å². The summed E-state index contributed by atoms with van der Waals surface area (Å²) in [6.07, 6.45) is -10.0. The topological polar surface area (TPSA) is 73.1 Å². The molecule has 0 saturated carbocycles. The van der Waals surface area contributed by atoms with Crippen LogP contribution in [0.25, 0.3) is 5.70 Å². The lowest BCUT2D eigenvalue weighted by Crippen LogP contribution is -2.80. The molecule has 0 aromatic heterocycles. The van der Waals surface area contributed by atoms with E-state index in [0.717, 1.165) is 0 Å². The van der Waals surface area contributed by atoms with Crippen molar-refractivity contribution in [2.45, 2.75) is 38.8 Å². The quantitative estimate of drug-likeness (QED) is 0.167. The highest BCUT2D eigenvalue weighted by Crippen LogP contribution is 2.36. The molecule has 0 unspecified atom stereocenters. The second-order valence-electron chi connectivity index (χ2n) is 8.78. The molecular weight excluding hydrogens is 546 g/mol. The van der Waals surface area contributed by atoms with Crippen molar-refractivity contribution in [1.82, 2.24) is 0 Å². The zero-order chi connectivity index (χ0) is 29.0. The van der Waals surface area contributed by atoms with E-state index in [0.29, 0.717) is 23.4 Å². The summed E-state index contributed by atoms with van der Waals surface area (Å²) in [4.78, 5) is 15.1. The van der Waals surface area contributed by atoms with Crippen molar-refractivity contribution in [3.05, 3.63) is 106 Å². The van der Waals surface area contributed by atoms with Gasteiger partial charge in [-0.1, -0.05) is 41.9 Å². The molecule has 0 bridgehead atoms. The number of alkyl halides is 6. The third-order valence-corrected chi connectivity index (χ3v) is 6.01. The number of hydrogen-bond donors (Lipinski definition) is 2. The molecule has 0 atom stereocenters. The summed E-state index contributed by atoms with van der Waals surface area (Å²) < 4.78 is 80.2. The maximum absolute atomic E-state index is 13.7. The number of quaternary nitrogens is 1. The van der Waals surface area contributed by atoms with Gasteiger partial charge in [-0.25, -0.2) is 5.53 Å². The molecule has 0 radical (unpaired) electrons. The van der Waals surface area contributed by atoms with E-state index >= 15 is 0 Å². The Morgan fingerprint density at radius 1 is 0.923 bits per heavy atom. The van der Waals surface area contributed by atoms with Crippen LogP contribution in [0.2, 0.25) is 5.02 Å². The first kappa shape index (κ1) is 29.9. The molecule has 3 aromatic carbocycles. The lowest BCUT2D eigenvalue weighted by Gasteiger charge is -2.27. The molecule has 0 aliphatic rings. The second kappa shape index (κ2) is 12.0. The van der Waals surface area contributed by atoms with E-state index in [1.165, 1.54) is 10.2 Å². The summed E-state index contributed by atoms with van der Waals surface area (Å²) >= 11 is 6.32. The van der Waals surface area contributed by atoms with Crippen LogP contribution >= 0.6 is 11.6 Å². The molecule has 0 heterocycles. The van der Waals surface area contributed by atoms with Crippen LogP contribution in [-0.2, 0) is 23.7 Å². The highest BCUT2D eigenvalue weighted by atomic mass is 35.5. The molecule has 206 valence electrons. The molecule has 0 fully saturated rings. The number of anilines is 1. The SMILES string of the molecule is CC(C)N(C(=O)/C(N=N)=C(/[NH2+]Cc1cc(C(F)(F)F)cc(C(F)(F)F)c1)c1ccccc1)c1ccccc1Cl. The number of carbonyl (C=O) groups is 1. The second-order valence-corrected chi connectivity index (χ2v) is 9.19. The first-order chi connectivity index (χ1) is 18.2. The Hall–Kier alpha value is -3.70. The number of halogens is 7. The molecule has 3 N–H and O–H groups in total. The summed E-state index contributed by atoms with van der Waals surface area (Å²) in [5.74, 6) is -0.719. The molecular formula is C27H24ClF6N4O+. The molecule has 39 heavy (non-hydrogen) atoms. The number of benzene rings is 3. The molecule has 3 aromatic rings. The van der Waals surface area contributed by atoms with Crippen LogP contribution in [0.4, 0.5) is 32.0 Å². The van der Waals surface area contributed by atoms with Crippen LogP contribution in [0.15, 0.2) is 83.6 Å². The van der Waals surface area contributed by atoms with E-state index in [9.17, 15) is 31.1 Å². The largest absolute Gasteiger partial charge is 0.416 e. The van der Waals surface area contributed by atoms with Gasteiger partial charge in [0.15, 0.2) is 5.70 Å². The Kier molecular flexibility index (Phi) is 9.18. The fourth-order valence-electron chi connectivity index (χ4n) is 3.93. The average molecular weight is 570 g/mol. The van der Waals surface area contributed by atoms with Gasteiger partial charge in [-0.15, -0.1) is 5.11 Å². The Labute approximate surface area is 225 Å². The normalized spacial score (nSPS) is 12.8. The van der Waals surface area contributed by atoms with Crippen molar-refractivity contribution >= 4 is 28.9 Å². The van der Waals surface area contributed by atoms with Gasteiger partial charge >= 0.3 is 12.4 Å². The number of nitrogens with one attached hydrogen (secondary N) is 1. The van der Waals surface area contributed by atoms with Crippen LogP contribution in [0.5, 0.6) is 0 Å². The number of nitrogens with zero attached hydrogens (tertiary/aromatic N) is 2. The van der Waals surface area contributed by atoms with Crippen molar-refractivity contribution in [2.75, 3.05) is 4.90 Å². The van der Waals surface area contributed by atoms with Gasteiger partial charge in [0, 0.05) is 17.2 Å². The minimum atomic E-state index is -5.00. The first-order valence-electron chi connectivity index (χ1n) is 11.6. The van der Waals surface area contributed by atoms with Crippen molar-refractivity contribution in [2.24, 2.45) is 5.11 Å². The molecule has 3 rings (SSSR count). The van der Waals surface area contributed by atoms with Gasteiger partial charge in [-0.05, 0) is 56.3 Å². The Balaban J connectivity index is 2.13. The van der Waals surface area contributed by atoms with Crippen LogP contribution in [-0.4, -0.2) is 11.9 Å². The summed E-state index contributed by atoms with van der Waals surface area (Å²) in [6, 6.07) is 15.5. The summed E-state index contributed by atoms with van der Waals surface area (Å²) in [5, 5.41) is 5.01. The molecule has 1 amide bonds. The first-order valence-corrected chi connectivity index (χ1v) is 12.0. The molecule has 0 saturated heterocycles. The molecule has 0 aliphatic carbocycles. The van der Waals surface area contributed by atoms with Gasteiger partial charge in [0.05, 0.1) is 21.8 Å². The number of amides is 1. The van der Waals surface area contributed by atoms with Crippen molar-refractivity contribution in [1.29, 1.82) is 5.53 Å². The minimum absolute atomic E-state index is 0.0512. The standard InChI is InChI=1S/C27H23ClF6N4O/c1-16(2)38(22-11-7-6-10-21(22)28)25(39)24(37-35)23(18-8-4-3-5-9-18)36-15-17-12-19(26(29,30)31)14-20(13-17)27(32,33)34/h3-14,16,35-36H,15H2,1-2H3/p+1/b24-23-,37-35?. The minimum Gasteiger partial charge on any atom is -0.307 e. The Morgan fingerprint density at radius 2 is 1.46 bits per heavy atom. The van der Waals surface area contributed by atoms with E-state index < -0.39 is 42.0 Å². The van der Waals surface area contributed by atoms with Gasteiger partial charge in [0.25, 0.3) is 5.91 Å². The molecule has 12 heteroatoms. The van der Waals surface area contributed by atoms with E-state index in [-0.39, 0.29) is 28.0 Å². The molecule has 5 nitrogen and oxygen atoms in total. The van der Waals surface area contributed by atoms with Crippen molar-refractivity contribution in [3.63, 3.8) is 0 Å². The number of para-hydroxylation sites is 1. The van der Waals surface area contributed by atoms with Crippen LogP contribution < -0.4 is 10.2 Å². The van der Waals surface area contributed by atoms with Crippen molar-refractivity contribution < 1.29 is 36.5 Å². The summed E-state index contributed by atoms with van der Waals surface area (Å²) in [7, 11) is 0. The van der Waals surface area contributed by atoms with E-state index in [4.69, 9.17) is 17.1 Å². The van der Waals surface area contributed by atoms with Gasteiger partial charge in [-0.3, -0.25) is 4.79 Å². The van der Waals surface area contributed by atoms with Crippen LogP contribution in [0.3, 0.4) is 0 Å². The lowest BCUT2D eigenvalue weighted by atomic mass is 10.0. The highest BCUT2D eigenvalue weighted by molar-refractivity contribution is 6.34. The van der Waals surface area contributed by atoms with E-state index in [2.05, 4.69) is 5.11 Å². The maximum atomic E-state index is 13.7. The fourth-order valence-corrected chi connectivity index (χ4v) is 4.16. The third-order valence-electron chi connectivity index (χ3n) is 5.69. The third kappa shape index (κ3) is 7.24. The van der Waals surface area contributed by atoms with Crippen LogP contribution in [0, 0.1) is 5.53 Å². The number of nitrogens with two attached hydrogens (primary N) is 1.